The minimum Gasteiger partial charge on any atom is -0.496 e. The van der Waals surface area contributed by atoms with Crippen molar-refractivity contribution in [3.8, 4) is 5.75 Å². The zero-order valence-corrected chi connectivity index (χ0v) is 15.1. The molecule has 0 radical (unpaired) electrons. The number of methoxy groups -OCH3 is 1. The minimum absolute atomic E-state index is 0. The van der Waals surface area contributed by atoms with E-state index in [0.717, 1.165) is 0 Å². The van der Waals surface area contributed by atoms with Gasteiger partial charge >= 0.3 is 0 Å². The molecule has 1 amide bonds. The van der Waals surface area contributed by atoms with Gasteiger partial charge in [-0.15, -0.1) is 12.4 Å². The molecule has 0 atom stereocenters. The van der Waals surface area contributed by atoms with E-state index in [1.54, 1.807) is 20.0 Å². The van der Waals surface area contributed by atoms with Gasteiger partial charge in [-0.2, -0.15) is 0 Å². The Bertz CT molecular complexity index is 608. The predicted molar refractivity (Wildman–Crippen MR) is 91.5 cm³/mol. The molecule has 132 valence electrons. The van der Waals surface area contributed by atoms with E-state index in [1.165, 1.54) is 19.2 Å². The number of rotatable bonds is 9. The Morgan fingerprint density at radius 1 is 1.26 bits per heavy atom. The highest BCUT2D eigenvalue weighted by atomic mass is 35.5. The summed E-state index contributed by atoms with van der Waals surface area (Å²) < 4.78 is 32.1. The topological polar surface area (TPSA) is 96.5 Å². The smallest absolute Gasteiger partial charge is 0.240 e. The lowest BCUT2D eigenvalue weighted by Crippen LogP contribution is -2.30. The average molecular weight is 366 g/mol. The van der Waals surface area contributed by atoms with Crippen LogP contribution in [0.25, 0.3) is 0 Å². The van der Waals surface area contributed by atoms with Crippen LogP contribution in [0.1, 0.15) is 18.9 Å². The fraction of sp³-hybridized carbons (Fsp3) is 0.500. The van der Waals surface area contributed by atoms with Crippen molar-refractivity contribution in [3.63, 3.8) is 0 Å². The summed E-state index contributed by atoms with van der Waals surface area (Å²) in [4.78, 5) is 11.5. The number of hydrogen-bond acceptors (Lipinski definition) is 5. The van der Waals surface area contributed by atoms with Crippen molar-refractivity contribution in [2.45, 2.75) is 24.8 Å². The first-order valence-corrected chi connectivity index (χ1v) is 8.50. The third-order valence-corrected chi connectivity index (χ3v) is 4.49. The van der Waals surface area contributed by atoms with E-state index in [2.05, 4.69) is 15.4 Å². The molecule has 0 aliphatic heterocycles. The first-order valence-electron chi connectivity index (χ1n) is 7.02. The Kier molecular flexibility index (Phi) is 9.82. The molecule has 0 unspecified atom stereocenters. The van der Waals surface area contributed by atoms with Crippen molar-refractivity contribution in [3.05, 3.63) is 23.8 Å². The van der Waals surface area contributed by atoms with Gasteiger partial charge in [0.2, 0.25) is 15.9 Å². The average Bonchev–Trinajstić information content (AvgIpc) is 2.52. The second-order valence-electron chi connectivity index (χ2n) is 4.61. The summed E-state index contributed by atoms with van der Waals surface area (Å²) in [7, 11) is -0.336. The van der Waals surface area contributed by atoms with Crippen LogP contribution in [0.15, 0.2) is 23.1 Å². The van der Waals surface area contributed by atoms with E-state index in [1.807, 2.05) is 0 Å². The minimum atomic E-state index is -3.58. The van der Waals surface area contributed by atoms with E-state index in [4.69, 9.17) is 4.74 Å². The van der Waals surface area contributed by atoms with Crippen molar-refractivity contribution < 1.29 is 17.9 Å². The molecule has 7 nitrogen and oxygen atoms in total. The number of carbonyl (C=O) groups excluding carboxylic acids is 1. The molecular formula is C14H24ClN3O4S. The van der Waals surface area contributed by atoms with Gasteiger partial charge in [0.05, 0.1) is 12.0 Å². The molecule has 0 fully saturated rings. The number of ether oxygens (including phenoxy) is 1. The van der Waals surface area contributed by atoms with Crippen LogP contribution in [-0.2, 0) is 21.4 Å². The van der Waals surface area contributed by atoms with Crippen LogP contribution in [0.3, 0.4) is 0 Å². The van der Waals surface area contributed by atoms with Gasteiger partial charge in [-0.1, -0.05) is 6.92 Å². The number of nitrogens with one attached hydrogen (secondary N) is 3. The van der Waals surface area contributed by atoms with E-state index in [0.29, 0.717) is 30.8 Å². The zero-order chi connectivity index (χ0) is 16.6. The Morgan fingerprint density at radius 2 is 1.96 bits per heavy atom. The fourth-order valence-electron chi connectivity index (χ4n) is 1.77. The fourth-order valence-corrected chi connectivity index (χ4v) is 2.85. The first kappa shape index (κ1) is 21.6. The van der Waals surface area contributed by atoms with E-state index in [-0.39, 0.29) is 29.8 Å². The van der Waals surface area contributed by atoms with Crippen molar-refractivity contribution in [2.75, 3.05) is 27.2 Å². The predicted octanol–water partition coefficient (Wildman–Crippen LogP) is 0.641. The molecule has 9 heteroatoms. The Morgan fingerprint density at radius 3 is 2.52 bits per heavy atom. The summed E-state index contributed by atoms with van der Waals surface area (Å²) in [5.74, 6) is 0.424. The van der Waals surface area contributed by atoms with Gasteiger partial charge in [-0.3, -0.25) is 4.79 Å². The highest BCUT2D eigenvalue weighted by Gasteiger charge is 2.16. The molecule has 0 saturated heterocycles. The van der Waals surface area contributed by atoms with E-state index < -0.39 is 10.0 Å². The lowest BCUT2D eigenvalue weighted by Gasteiger charge is -2.12. The number of halogens is 1. The first-order chi connectivity index (χ1) is 10.4. The van der Waals surface area contributed by atoms with Gasteiger partial charge in [0.1, 0.15) is 5.75 Å². The molecule has 1 rings (SSSR count). The maximum absolute atomic E-state index is 12.2. The van der Waals surface area contributed by atoms with Crippen molar-refractivity contribution >= 4 is 28.3 Å². The van der Waals surface area contributed by atoms with E-state index in [9.17, 15) is 13.2 Å². The molecule has 0 aliphatic rings. The standard InChI is InChI=1S/C14H23N3O4S.ClH/c1-4-14(18)16-10-11-9-12(5-6-13(11)21-3)22(19,20)17-8-7-15-2;/h5-6,9,15,17H,4,7-8,10H2,1-3H3,(H,16,18);1H. The number of carbonyl (C=O) groups is 1. The lowest BCUT2D eigenvalue weighted by atomic mass is 10.2. The Hall–Kier alpha value is -1.35. The second-order valence-corrected chi connectivity index (χ2v) is 6.37. The SMILES string of the molecule is CCC(=O)NCc1cc(S(=O)(=O)NCCNC)ccc1OC.Cl. The highest BCUT2D eigenvalue weighted by molar-refractivity contribution is 7.89. The molecule has 3 N–H and O–H groups in total. The van der Waals surface area contributed by atoms with Gasteiger partial charge in [-0.25, -0.2) is 13.1 Å². The van der Waals surface area contributed by atoms with Gasteiger partial charge in [0.15, 0.2) is 0 Å². The number of hydrogen-bond donors (Lipinski definition) is 3. The van der Waals surface area contributed by atoms with Crippen LogP contribution in [0, 0.1) is 0 Å². The monoisotopic (exact) mass is 365 g/mol. The second kappa shape index (κ2) is 10.4. The van der Waals surface area contributed by atoms with Crippen LogP contribution >= 0.6 is 12.4 Å². The summed E-state index contributed by atoms with van der Waals surface area (Å²) >= 11 is 0. The summed E-state index contributed by atoms with van der Waals surface area (Å²) in [5.41, 5.74) is 0.612. The summed E-state index contributed by atoms with van der Waals surface area (Å²) in [6, 6.07) is 4.57. The van der Waals surface area contributed by atoms with Gasteiger partial charge < -0.3 is 15.4 Å². The molecule has 23 heavy (non-hydrogen) atoms. The van der Waals surface area contributed by atoms with Gasteiger partial charge in [0.25, 0.3) is 0 Å². The van der Waals surface area contributed by atoms with Crippen molar-refractivity contribution in [1.82, 2.24) is 15.4 Å². The maximum atomic E-state index is 12.2. The summed E-state index contributed by atoms with van der Waals surface area (Å²) in [6.07, 6.45) is 0.367. The molecule has 0 saturated carbocycles. The molecular weight excluding hydrogens is 342 g/mol. The Labute approximate surface area is 143 Å². The number of benzene rings is 1. The molecule has 0 bridgehead atoms. The van der Waals surface area contributed by atoms with Crippen LogP contribution < -0.4 is 20.1 Å². The third kappa shape index (κ3) is 6.74. The quantitative estimate of drug-likeness (QED) is 0.558. The lowest BCUT2D eigenvalue weighted by molar-refractivity contribution is -0.120. The number of likely N-dealkylation sites (N-methyl/N-ethyl adjacent to an activating group) is 1. The molecule has 0 heterocycles. The number of amides is 1. The summed E-state index contributed by atoms with van der Waals surface area (Å²) in [5, 5.41) is 5.58. The molecule has 1 aromatic rings. The van der Waals surface area contributed by atoms with Crippen molar-refractivity contribution in [2.24, 2.45) is 0 Å². The van der Waals surface area contributed by atoms with Gasteiger partial charge in [-0.05, 0) is 25.2 Å². The molecule has 0 spiro atoms. The number of sulfonamides is 1. The van der Waals surface area contributed by atoms with Crippen LogP contribution in [0.2, 0.25) is 0 Å². The molecule has 0 aliphatic carbocycles. The zero-order valence-electron chi connectivity index (χ0n) is 13.5. The van der Waals surface area contributed by atoms with Crippen LogP contribution in [0.5, 0.6) is 5.75 Å². The largest absolute Gasteiger partial charge is 0.496 e. The molecule has 0 aromatic heterocycles. The normalized spacial score (nSPS) is 10.7. The molecule has 1 aromatic carbocycles. The van der Waals surface area contributed by atoms with Gasteiger partial charge in [0, 0.05) is 31.6 Å². The van der Waals surface area contributed by atoms with Crippen LogP contribution in [0.4, 0.5) is 0 Å². The highest BCUT2D eigenvalue weighted by Crippen LogP contribution is 2.22. The maximum Gasteiger partial charge on any atom is 0.240 e. The van der Waals surface area contributed by atoms with Crippen LogP contribution in [-0.4, -0.2) is 41.6 Å². The van der Waals surface area contributed by atoms with E-state index >= 15 is 0 Å². The Balaban J connectivity index is 0.00000484. The third-order valence-electron chi connectivity index (χ3n) is 3.03. The summed E-state index contributed by atoms with van der Waals surface area (Å²) in [6.45, 7) is 2.80. The van der Waals surface area contributed by atoms with Crippen molar-refractivity contribution in [1.29, 1.82) is 0 Å².